The molecule has 0 spiro atoms. The Hall–Kier alpha value is -2.65. The molecule has 0 aliphatic rings. The average Bonchev–Trinajstić information content (AvgIpc) is 2.11. The zero-order valence-electron chi connectivity index (χ0n) is 11.2. The minimum atomic E-state index is -1.08. The molecule has 0 amide bonds. The second-order valence-electron chi connectivity index (χ2n) is 2.84. The van der Waals surface area contributed by atoms with E-state index in [0.29, 0.717) is 0 Å². The van der Waals surface area contributed by atoms with Gasteiger partial charge in [0.25, 0.3) is 17.9 Å². The van der Waals surface area contributed by atoms with E-state index in [-0.39, 0.29) is 12.8 Å². The molecule has 20 heavy (non-hydrogen) atoms. The van der Waals surface area contributed by atoms with Gasteiger partial charge in [-0.2, -0.15) is 0 Å². The van der Waals surface area contributed by atoms with Gasteiger partial charge in [-0.05, 0) is 0 Å². The van der Waals surface area contributed by atoms with Crippen molar-refractivity contribution in [1.29, 1.82) is 0 Å². The fourth-order valence-electron chi connectivity index (χ4n) is 0.214. The number of rotatable bonds is 3. The lowest BCUT2D eigenvalue weighted by molar-refractivity contribution is -0.143. The monoisotopic (exact) mass is 298 g/mol. The van der Waals surface area contributed by atoms with Crippen molar-refractivity contribution in [2.45, 2.75) is 33.6 Å². The highest BCUT2D eigenvalue weighted by Gasteiger charge is 2.00. The first-order chi connectivity index (χ1) is 8.82. The highest BCUT2D eigenvalue weighted by Crippen LogP contribution is 1.86. The smallest absolute Gasteiger partial charge is 0.303 e. The summed E-state index contributed by atoms with van der Waals surface area (Å²) in [6.45, 7) is 3.25. The Morgan fingerprint density at radius 2 is 0.650 bits per heavy atom. The maximum absolute atomic E-state index is 9.64. The summed E-state index contributed by atoms with van der Waals surface area (Å²) in [5.74, 6) is -4.65. The molecule has 0 unspecified atom stereocenters. The highest BCUT2D eigenvalue weighted by atomic mass is 16.4. The van der Waals surface area contributed by atoms with Crippen molar-refractivity contribution in [3.8, 4) is 0 Å². The van der Waals surface area contributed by atoms with Crippen molar-refractivity contribution in [3.63, 3.8) is 0 Å². The fraction of sp³-hybridized carbons (Fsp3) is 0.500. The third kappa shape index (κ3) is 572. The minimum Gasteiger partial charge on any atom is -0.481 e. The third-order valence-corrected chi connectivity index (χ3v) is 0.553. The van der Waals surface area contributed by atoms with Gasteiger partial charge in [-0.1, -0.05) is 0 Å². The summed E-state index contributed by atoms with van der Waals surface area (Å²) in [4.78, 5) is 46.3. The lowest BCUT2D eigenvalue weighted by Gasteiger charge is -1.85. The first-order valence-corrected chi connectivity index (χ1v) is 4.85. The zero-order valence-corrected chi connectivity index (χ0v) is 11.2. The molecule has 0 saturated carbocycles. The molecule has 10 heteroatoms. The predicted octanol–water partition coefficient (Wildman–Crippen LogP) is 0.209. The van der Waals surface area contributed by atoms with Gasteiger partial charge in [0.05, 0.1) is 12.8 Å². The number of hydrogen-bond donors (Lipinski definition) is 5. The summed E-state index contributed by atoms with van der Waals surface area (Å²) in [6.07, 6.45) is -0.593. The topological polar surface area (TPSA) is 186 Å². The standard InChI is InChI=1S/C4H6O4.3C2H4O2/c5-3(6)1-2-4(7)8;3*1-2(3)4/h1-2H2,(H,5,6)(H,7,8);3*1H3,(H,3,4). The van der Waals surface area contributed by atoms with Gasteiger partial charge in [0, 0.05) is 20.8 Å². The first kappa shape index (κ1) is 26.0. The van der Waals surface area contributed by atoms with Crippen LogP contribution in [-0.2, 0) is 24.0 Å². The second kappa shape index (κ2) is 18.7. The summed E-state index contributed by atoms with van der Waals surface area (Å²) < 4.78 is 0. The zero-order chi connectivity index (χ0) is 17.3. The lowest BCUT2D eigenvalue weighted by atomic mass is 10.3. The van der Waals surface area contributed by atoms with E-state index in [1.165, 1.54) is 0 Å². The van der Waals surface area contributed by atoms with Crippen LogP contribution in [0.2, 0.25) is 0 Å². The van der Waals surface area contributed by atoms with Crippen LogP contribution in [-0.4, -0.2) is 55.4 Å². The van der Waals surface area contributed by atoms with Crippen molar-refractivity contribution >= 4 is 29.8 Å². The summed E-state index contributed by atoms with van der Waals surface area (Å²) in [6, 6.07) is 0. The Balaban J connectivity index is -0.0000000917. The van der Waals surface area contributed by atoms with Crippen LogP contribution < -0.4 is 0 Å². The SMILES string of the molecule is CC(=O)O.CC(=O)O.CC(=O)O.O=C(O)CCC(=O)O. The van der Waals surface area contributed by atoms with Gasteiger partial charge >= 0.3 is 11.9 Å². The molecular formula is C10H18O10. The van der Waals surface area contributed by atoms with Gasteiger partial charge in [-0.3, -0.25) is 24.0 Å². The van der Waals surface area contributed by atoms with Gasteiger partial charge in [0.1, 0.15) is 0 Å². The van der Waals surface area contributed by atoms with Crippen LogP contribution in [0.5, 0.6) is 0 Å². The van der Waals surface area contributed by atoms with Crippen LogP contribution in [0.1, 0.15) is 33.6 Å². The molecule has 5 N–H and O–H groups in total. The van der Waals surface area contributed by atoms with E-state index in [9.17, 15) is 9.59 Å². The van der Waals surface area contributed by atoms with Crippen molar-refractivity contribution in [1.82, 2.24) is 0 Å². The van der Waals surface area contributed by atoms with Crippen LogP contribution in [0.4, 0.5) is 0 Å². The Morgan fingerprint density at radius 3 is 0.700 bits per heavy atom. The van der Waals surface area contributed by atoms with Crippen molar-refractivity contribution in [2.75, 3.05) is 0 Å². The molecule has 0 atom stereocenters. The maximum atomic E-state index is 9.64. The lowest BCUT2D eigenvalue weighted by Crippen LogP contribution is -2.00. The largest absolute Gasteiger partial charge is 0.481 e. The fourth-order valence-corrected chi connectivity index (χ4v) is 0.214. The quantitative estimate of drug-likeness (QED) is 0.481. The number of hydrogen-bond acceptors (Lipinski definition) is 5. The Morgan fingerprint density at radius 1 is 0.550 bits per heavy atom. The van der Waals surface area contributed by atoms with E-state index in [0.717, 1.165) is 20.8 Å². The van der Waals surface area contributed by atoms with Gasteiger partial charge in [0.2, 0.25) is 0 Å². The molecule has 10 nitrogen and oxygen atoms in total. The molecule has 0 aliphatic heterocycles. The van der Waals surface area contributed by atoms with Crippen LogP contribution in [0.25, 0.3) is 0 Å². The maximum Gasteiger partial charge on any atom is 0.303 e. The number of carboxylic acids is 5. The summed E-state index contributed by atoms with van der Waals surface area (Å²) in [5.41, 5.74) is 0. The normalized spacial score (nSPS) is 7.15. The number of carboxylic acid groups (broad SMARTS) is 5. The van der Waals surface area contributed by atoms with Gasteiger partial charge < -0.3 is 25.5 Å². The Kier molecular flexibility index (Phi) is 24.3. The van der Waals surface area contributed by atoms with E-state index < -0.39 is 29.8 Å². The first-order valence-electron chi connectivity index (χ1n) is 4.85. The molecular weight excluding hydrogens is 280 g/mol. The van der Waals surface area contributed by atoms with E-state index in [2.05, 4.69) is 0 Å². The van der Waals surface area contributed by atoms with Crippen LogP contribution >= 0.6 is 0 Å². The summed E-state index contributed by atoms with van der Waals surface area (Å²) >= 11 is 0. The van der Waals surface area contributed by atoms with E-state index in [4.69, 9.17) is 39.9 Å². The van der Waals surface area contributed by atoms with E-state index in [1.807, 2.05) is 0 Å². The predicted molar refractivity (Wildman–Crippen MR) is 64.4 cm³/mol. The molecule has 0 rings (SSSR count). The number of carbonyl (C=O) groups is 5. The van der Waals surface area contributed by atoms with Crippen LogP contribution in [0.3, 0.4) is 0 Å². The molecule has 118 valence electrons. The van der Waals surface area contributed by atoms with Crippen molar-refractivity contribution in [2.24, 2.45) is 0 Å². The van der Waals surface area contributed by atoms with Crippen molar-refractivity contribution in [3.05, 3.63) is 0 Å². The Bertz CT molecular complexity index is 265. The molecule has 0 aromatic heterocycles. The molecule has 0 heterocycles. The summed E-state index contributed by atoms with van der Waals surface area (Å²) in [7, 11) is 0. The highest BCUT2D eigenvalue weighted by molar-refractivity contribution is 5.75. The van der Waals surface area contributed by atoms with E-state index in [1.54, 1.807) is 0 Å². The van der Waals surface area contributed by atoms with Crippen LogP contribution in [0.15, 0.2) is 0 Å². The van der Waals surface area contributed by atoms with Crippen molar-refractivity contribution < 1.29 is 49.5 Å². The van der Waals surface area contributed by atoms with Crippen LogP contribution in [0, 0.1) is 0 Å². The molecule has 0 aromatic carbocycles. The van der Waals surface area contributed by atoms with E-state index >= 15 is 0 Å². The molecule has 0 bridgehead atoms. The van der Waals surface area contributed by atoms with Gasteiger partial charge in [-0.25, -0.2) is 0 Å². The average molecular weight is 298 g/mol. The summed E-state index contributed by atoms with van der Waals surface area (Å²) in [5, 5.41) is 38.0. The third-order valence-electron chi connectivity index (χ3n) is 0.553. The van der Waals surface area contributed by atoms with Gasteiger partial charge in [-0.15, -0.1) is 0 Å². The molecule has 0 saturated heterocycles. The molecule has 0 aromatic rings. The second-order valence-corrected chi connectivity index (χ2v) is 2.84. The molecule has 0 aliphatic carbocycles. The molecule has 0 fully saturated rings. The van der Waals surface area contributed by atoms with Gasteiger partial charge in [0.15, 0.2) is 0 Å². The minimum absolute atomic E-state index is 0.296. The molecule has 0 radical (unpaired) electrons. The Labute approximate surface area is 114 Å². The number of aliphatic carboxylic acids is 5.